The van der Waals surface area contributed by atoms with Gasteiger partial charge >= 0.3 is 6.03 Å². The molecule has 2 fully saturated rings. The van der Waals surface area contributed by atoms with Crippen molar-refractivity contribution >= 4 is 34.9 Å². The van der Waals surface area contributed by atoms with Crippen molar-refractivity contribution in [2.45, 2.75) is 38.1 Å². The lowest BCUT2D eigenvalue weighted by Gasteiger charge is -2.51. The fourth-order valence-electron chi connectivity index (χ4n) is 5.50. The van der Waals surface area contributed by atoms with Crippen LogP contribution in [-0.2, 0) is 16.0 Å². The summed E-state index contributed by atoms with van der Waals surface area (Å²) in [5.41, 5.74) is -0.00829. The first-order chi connectivity index (χ1) is 16.4. The molecule has 2 aromatic rings. The molecule has 2 saturated heterocycles. The Labute approximate surface area is 195 Å². The molecule has 0 aromatic heterocycles. The highest BCUT2D eigenvalue weighted by Gasteiger charge is 2.62. The van der Waals surface area contributed by atoms with Crippen LogP contribution >= 0.6 is 0 Å². The molecule has 0 unspecified atom stereocenters. The van der Waals surface area contributed by atoms with E-state index < -0.39 is 34.2 Å². The topological polar surface area (TPSA) is 122 Å². The Hall–Kier alpha value is -3.95. The number of methoxy groups -OCH3 is 1. The van der Waals surface area contributed by atoms with Crippen LogP contribution in [0.15, 0.2) is 42.5 Å². The van der Waals surface area contributed by atoms with Crippen molar-refractivity contribution in [3.8, 4) is 5.75 Å². The molecule has 2 atom stereocenters. The SMILES string of the molecule is COc1ccc(N2C(=O)NC(=O)[C@@]3(Cc4cc([N+](=O)[O-])ccc4N4CCCCC[C@H]43)C2=O)cc1. The lowest BCUT2D eigenvalue weighted by Crippen LogP contribution is -2.72. The van der Waals surface area contributed by atoms with Gasteiger partial charge in [0.1, 0.15) is 5.75 Å². The number of hydrogen-bond donors (Lipinski definition) is 1. The molecule has 176 valence electrons. The maximum absolute atomic E-state index is 14.1. The quantitative estimate of drug-likeness (QED) is 0.421. The van der Waals surface area contributed by atoms with Crippen LogP contribution in [0.2, 0.25) is 0 Å². The van der Waals surface area contributed by atoms with Gasteiger partial charge in [-0.15, -0.1) is 0 Å². The largest absolute Gasteiger partial charge is 0.497 e. The monoisotopic (exact) mass is 464 g/mol. The molecule has 2 aromatic carbocycles. The first-order valence-electron chi connectivity index (χ1n) is 11.2. The molecule has 1 spiro atoms. The summed E-state index contributed by atoms with van der Waals surface area (Å²) in [4.78, 5) is 54.5. The number of barbiturate groups is 1. The summed E-state index contributed by atoms with van der Waals surface area (Å²) in [6.45, 7) is 0.619. The minimum Gasteiger partial charge on any atom is -0.497 e. The number of imide groups is 2. The predicted octanol–water partition coefficient (Wildman–Crippen LogP) is 3.18. The summed E-state index contributed by atoms with van der Waals surface area (Å²) in [6, 6.07) is 9.77. The Kier molecular flexibility index (Phi) is 5.22. The number of urea groups is 1. The molecule has 0 aliphatic carbocycles. The Morgan fingerprint density at radius 1 is 1.09 bits per heavy atom. The van der Waals surface area contributed by atoms with Gasteiger partial charge in [-0.3, -0.25) is 25.0 Å². The van der Waals surface area contributed by atoms with Gasteiger partial charge in [0.05, 0.1) is 23.8 Å². The molecule has 0 saturated carbocycles. The highest BCUT2D eigenvalue weighted by atomic mass is 16.6. The van der Waals surface area contributed by atoms with Crippen LogP contribution in [0.25, 0.3) is 0 Å². The van der Waals surface area contributed by atoms with Crippen molar-refractivity contribution in [2.75, 3.05) is 23.5 Å². The van der Waals surface area contributed by atoms with E-state index in [1.165, 1.54) is 19.2 Å². The zero-order valence-corrected chi connectivity index (χ0v) is 18.7. The molecular formula is C24H24N4O6. The number of hydrogen-bond acceptors (Lipinski definition) is 7. The van der Waals surface area contributed by atoms with Crippen molar-refractivity contribution in [2.24, 2.45) is 5.41 Å². The third-order valence-electron chi connectivity index (χ3n) is 7.12. The lowest BCUT2D eigenvalue weighted by atomic mass is 9.67. The van der Waals surface area contributed by atoms with Gasteiger partial charge in [-0.2, -0.15) is 0 Å². The van der Waals surface area contributed by atoms with Crippen LogP contribution in [0, 0.1) is 15.5 Å². The second kappa shape index (κ2) is 8.12. The average molecular weight is 464 g/mol. The number of carbonyl (C=O) groups excluding carboxylic acids is 3. The van der Waals surface area contributed by atoms with E-state index >= 15 is 0 Å². The summed E-state index contributed by atoms with van der Waals surface area (Å²) < 4.78 is 5.17. The number of carbonyl (C=O) groups is 3. The van der Waals surface area contributed by atoms with Crippen LogP contribution in [0.3, 0.4) is 0 Å². The van der Waals surface area contributed by atoms with Gasteiger partial charge in [0.2, 0.25) is 5.91 Å². The van der Waals surface area contributed by atoms with Crippen LogP contribution in [-0.4, -0.2) is 42.5 Å². The van der Waals surface area contributed by atoms with Gasteiger partial charge < -0.3 is 9.64 Å². The molecule has 0 radical (unpaired) electrons. The van der Waals surface area contributed by atoms with Crippen molar-refractivity contribution in [3.05, 3.63) is 58.1 Å². The minimum absolute atomic E-state index is 0.0181. The number of rotatable bonds is 3. The molecule has 3 aliphatic rings. The minimum atomic E-state index is -1.58. The number of nitro benzene ring substituents is 1. The number of ether oxygens (including phenoxy) is 1. The highest BCUT2D eigenvalue weighted by Crippen LogP contribution is 2.48. The molecular weight excluding hydrogens is 440 g/mol. The normalized spacial score (nSPS) is 24.3. The van der Waals surface area contributed by atoms with Gasteiger partial charge in [0, 0.05) is 30.8 Å². The first-order valence-corrected chi connectivity index (χ1v) is 11.2. The standard InChI is InChI=1S/C24H24N4O6/c1-34-18-9-6-16(7-10-18)27-22(30)24(21(29)25-23(27)31)14-15-13-17(28(32)33)8-11-19(15)26-12-4-2-3-5-20(24)26/h6-11,13,20H,2-5,12,14H2,1H3,(H,25,29,31)/t20-,24-/m0/s1. The zero-order valence-electron chi connectivity index (χ0n) is 18.7. The molecule has 4 amide bonds. The van der Waals surface area contributed by atoms with Gasteiger partial charge in [-0.25, -0.2) is 9.69 Å². The highest BCUT2D eigenvalue weighted by molar-refractivity contribution is 6.30. The molecule has 10 nitrogen and oxygen atoms in total. The molecule has 1 N–H and O–H groups in total. The van der Waals surface area contributed by atoms with Crippen LogP contribution in [0.5, 0.6) is 5.75 Å². The number of nitro groups is 1. The number of non-ortho nitro benzene ring substituents is 1. The van der Waals surface area contributed by atoms with Crippen LogP contribution < -0.4 is 19.9 Å². The second-order valence-electron chi connectivity index (χ2n) is 8.87. The second-order valence-corrected chi connectivity index (χ2v) is 8.87. The summed E-state index contributed by atoms with van der Waals surface area (Å²) >= 11 is 0. The van der Waals surface area contributed by atoms with Gasteiger partial charge in [0.15, 0.2) is 5.41 Å². The van der Waals surface area contributed by atoms with Gasteiger partial charge in [-0.05, 0) is 48.7 Å². The molecule has 0 bridgehead atoms. The first kappa shape index (κ1) is 21.9. The Balaban J connectivity index is 1.66. The maximum atomic E-state index is 14.1. The maximum Gasteiger partial charge on any atom is 0.335 e. The summed E-state index contributed by atoms with van der Waals surface area (Å²) in [7, 11) is 1.51. The molecule has 3 aliphatic heterocycles. The summed E-state index contributed by atoms with van der Waals surface area (Å²) in [6.07, 6.45) is 3.24. The van der Waals surface area contributed by atoms with E-state index in [2.05, 4.69) is 5.32 Å². The molecule has 10 heteroatoms. The average Bonchev–Trinajstić information content (AvgIpc) is 3.09. The van der Waals surface area contributed by atoms with E-state index in [4.69, 9.17) is 4.74 Å². The van der Waals surface area contributed by atoms with E-state index in [0.29, 0.717) is 30.0 Å². The van der Waals surface area contributed by atoms with E-state index in [-0.39, 0.29) is 12.1 Å². The zero-order chi connectivity index (χ0) is 24.0. The Morgan fingerprint density at radius 2 is 1.85 bits per heavy atom. The number of fused-ring (bicyclic) bond motifs is 4. The molecule has 3 heterocycles. The van der Waals surface area contributed by atoms with Gasteiger partial charge in [-0.1, -0.05) is 12.8 Å². The van der Waals surface area contributed by atoms with E-state index in [1.54, 1.807) is 30.3 Å². The predicted molar refractivity (Wildman–Crippen MR) is 123 cm³/mol. The van der Waals surface area contributed by atoms with Crippen molar-refractivity contribution < 1.29 is 24.0 Å². The molecule has 5 rings (SSSR count). The fourth-order valence-corrected chi connectivity index (χ4v) is 5.50. The third kappa shape index (κ3) is 3.20. The van der Waals surface area contributed by atoms with Crippen molar-refractivity contribution in [3.63, 3.8) is 0 Å². The summed E-state index contributed by atoms with van der Waals surface area (Å²) in [5, 5.41) is 13.8. The van der Waals surface area contributed by atoms with E-state index in [9.17, 15) is 24.5 Å². The third-order valence-corrected chi connectivity index (χ3v) is 7.12. The number of benzene rings is 2. The fraction of sp³-hybridized carbons (Fsp3) is 0.375. The Bertz CT molecular complexity index is 1200. The molecule has 34 heavy (non-hydrogen) atoms. The lowest BCUT2D eigenvalue weighted by molar-refractivity contribution is -0.384. The Morgan fingerprint density at radius 3 is 2.56 bits per heavy atom. The van der Waals surface area contributed by atoms with Crippen LogP contribution in [0.4, 0.5) is 21.9 Å². The van der Waals surface area contributed by atoms with Crippen LogP contribution in [0.1, 0.15) is 31.2 Å². The number of nitrogens with zero attached hydrogens (tertiary/aromatic N) is 3. The smallest absolute Gasteiger partial charge is 0.335 e. The van der Waals surface area contributed by atoms with Gasteiger partial charge in [0.25, 0.3) is 11.6 Å². The van der Waals surface area contributed by atoms with E-state index in [1.807, 2.05) is 4.90 Å². The van der Waals surface area contributed by atoms with Crippen molar-refractivity contribution in [1.29, 1.82) is 0 Å². The summed E-state index contributed by atoms with van der Waals surface area (Å²) in [5.74, 6) is -0.699. The van der Waals surface area contributed by atoms with E-state index in [0.717, 1.165) is 29.8 Å². The number of amides is 4. The number of nitrogens with one attached hydrogen (secondary N) is 1. The number of anilines is 2. The van der Waals surface area contributed by atoms with Crippen molar-refractivity contribution in [1.82, 2.24) is 5.32 Å².